The first-order chi connectivity index (χ1) is 5.81. The Morgan fingerprint density at radius 3 is 2.58 bits per heavy atom. The molecule has 0 aliphatic heterocycles. The van der Waals surface area contributed by atoms with Crippen molar-refractivity contribution in [1.29, 1.82) is 0 Å². The third kappa shape index (κ3) is 8.56. The van der Waals surface area contributed by atoms with Gasteiger partial charge in [-0.3, -0.25) is 4.21 Å². The highest BCUT2D eigenvalue weighted by Gasteiger charge is 1.97. The maximum absolute atomic E-state index is 11.2. The second-order valence-electron chi connectivity index (χ2n) is 2.54. The zero-order valence-electron chi connectivity index (χ0n) is 7.75. The Morgan fingerprint density at radius 1 is 1.33 bits per heavy atom. The molecule has 0 aliphatic rings. The lowest BCUT2D eigenvalue weighted by atomic mass is 10.5. The number of thioether (sulfide) groups is 1. The Hall–Kier alpha value is 0.460. The Balaban J connectivity index is 3.08. The highest BCUT2D eigenvalue weighted by Crippen LogP contribution is 2.01. The van der Waals surface area contributed by atoms with Crippen LogP contribution in [-0.2, 0) is 10.8 Å². The van der Waals surface area contributed by atoms with Gasteiger partial charge in [-0.25, -0.2) is 0 Å². The molecule has 12 heavy (non-hydrogen) atoms. The van der Waals surface area contributed by atoms with Crippen molar-refractivity contribution in [1.82, 2.24) is 0 Å². The monoisotopic (exact) mass is 209 g/mol. The second-order valence-corrected chi connectivity index (χ2v) is 5.63. The average molecular weight is 209 g/mol. The molecular formula is C8H19NOS2. The van der Waals surface area contributed by atoms with Gasteiger partial charge < -0.3 is 5.73 Å². The van der Waals surface area contributed by atoms with E-state index >= 15 is 0 Å². The second kappa shape index (κ2) is 9.55. The summed E-state index contributed by atoms with van der Waals surface area (Å²) in [6.45, 7) is 2.81. The van der Waals surface area contributed by atoms with Crippen LogP contribution in [0.15, 0.2) is 0 Å². The summed E-state index contributed by atoms with van der Waals surface area (Å²) in [5.74, 6) is 3.95. The summed E-state index contributed by atoms with van der Waals surface area (Å²) in [4.78, 5) is 0. The highest BCUT2D eigenvalue weighted by atomic mass is 32.2. The van der Waals surface area contributed by atoms with Gasteiger partial charge in [-0.15, -0.1) is 0 Å². The molecule has 0 aromatic carbocycles. The molecule has 0 aromatic rings. The van der Waals surface area contributed by atoms with Crippen LogP contribution in [0.4, 0.5) is 0 Å². The summed E-state index contributed by atoms with van der Waals surface area (Å²) in [7, 11) is -0.617. The summed E-state index contributed by atoms with van der Waals surface area (Å²) >= 11 is 1.91. The molecule has 0 heterocycles. The van der Waals surface area contributed by atoms with Crippen LogP contribution in [-0.4, -0.2) is 33.8 Å². The molecule has 0 saturated heterocycles. The molecule has 0 aromatic heterocycles. The molecule has 74 valence electrons. The third-order valence-corrected chi connectivity index (χ3v) is 3.91. The molecule has 0 spiro atoms. The van der Waals surface area contributed by atoms with Gasteiger partial charge in [0.1, 0.15) is 0 Å². The van der Waals surface area contributed by atoms with Gasteiger partial charge in [0.2, 0.25) is 0 Å². The Bertz CT molecular complexity index is 120. The normalized spacial score (nSPS) is 13.2. The van der Waals surface area contributed by atoms with E-state index in [1.54, 1.807) is 0 Å². The first-order valence-electron chi connectivity index (χ1n) is 4.44. The SMILES string of the molecule is CCSCCCS(=O)CCCN. The van der Waals surface area contributed by atoms with E-state index in [2.05, 4.69) is 6.92 Å². The Labute approximate surface area is 82.1 Å². The standard InChI is InChI=1S/C8H19NOS2/c1-2-11-6-4-8-12(10)7-3-5-9/h2-9H2,1H3. The van der Waals surface area contributed by atoms with Crippen LogP contribution >= 0.6 is 11.8 Å². The van der Waals surface area contributed by atoms with Crippen molar-refractivity contribution in [3.8, 4) is 0 Å². The fourth-order valence-electron chi connectivity index (χ4n) is 0.813. The molecule has 2 N–H and O–H groups in total. The van der Waals surface area contributed by atoms with E-state index in [0.717, 1.165) is 35.9 Å². The molecule has 0 aliphatic carbocycles. The van der Waals surface area contributed by atoms with Gasteiger partial charge in [0.15, 0.2) is 0 Å². The molecule has 1 unspecified atom stereocenters. The maximum atomic E-state index is 11.2. The smallest absolute Gasteiger partial charge is 0.0246 e. The quantitative estimate of drug-likeness (QED) is 0.611. The van der Waals surface area contributed by atoms with Crippen LogP contribution in [0.25, 0.3) is 0 Å². The van der Waals surface area contributed by atoms with Crippen LogP contribution in [0.2, 0.25) is 0 Å². The van der Waals surface area contributed by atoms with Crippen molar-refractivity contribution in [3.63, 3.8) is 0 Å². The molecule has 0 radical (unpaired) electrons. The number of rotatable bonds is 8. The van der Waals surface area contributed by atoms with Crippen molar-refractivity contribution in [2.75, 3.05) is 29.6 Å². The molecule has 0 bridgehead atoms. The molecule has 0 fully saturated rings. The number of hydrogen-bond donors (Lipinski definition) is 1. The van der Waals surface area contributed by atoms with Crippen LogP contribution in [0, 0.1) is 0 Å². The molecule has 0 amide bonds. The molecule has 4 heteroatoms. The lowest BCUT2D eigenvalue weighted by molar-refractivity contribution is 0.679. The maximum Gasteiger partial charge on any atom is 0.0246 e. The molecular weight excluding hydrogens is 190 g/mol. The Kier molecular flexibility index (Phi) is 9.91. The zero-order chi connectivity index (χ0) is 9.23. The molecule has 0 saturated carbocycles. The lowest BCUT2D eigenvalue weighted by Crippen LogP contribution is -2.08. The largest absolute Gasteiger partial charge is 0.330 e. The minimum atomic E-state index is -0.617. The van der Waals surface area contributed by atoms with E-state index in [1.165, 1.54) is 0 Å². The van der Waals surface area contributed by atoms with Gasteiger partial charge in [-0.2, -0.15) is 11.8 Å². The van der Waals surface area contributed by atoms with E-state index in [9.17, 15) is 4.21 Å². The lowest BCUT2D eigenvalue weighted by Gasteiger charge is -2.00. The van der Waals surface area contributed by atoms with E-state index in [0.29, 0.717) is 6.54 Å². The minimum absolute atomic E-state index is 0.617. The van der Waals surface area contributed by atoms with Gasteiger partial charge in [0.25, 0.3) is 0 Å². The van der Waals surface area contributed by atoms with Crippen molar-refractivity contribution in [3.05, 3.63) is 0 Å². The summed E-state index contributed by atoms with van der Waals surface area (Å²) in [5, 5.41) is 0. The molecule has 2 nitrogen and oxygen atoms in total. The van der Waals surface area contributed by atoms with Gasteiger partial charge in [0, 0.05) is 22.3 Å². The first kappa shape index (κ1) is 12.5. The van der Waals surface area contributed by atoms with Gasteiger partial charge >= 0.3 is 0 Å². The van der Waals surface area contributed by atoms with E-state index in [4.69, 9.17) is 5.73 Å². The highest BCUT2D eigenvalue weighted by molar-refractivity contribution is 7.99. The molecule has 0 rings (SSSR count). The van der Waals surface area contributed by atoms with Crippen molar-refractivity contribution in [2.24, 2.45) is 5.73 Å². The van der Waals surface area contributed by atoms with E-state index in [1.807, 2.05) is 11.8 Å². The number of hydrogen-bond acceptors (Lipinski definition) is 3. The van der Waals surface area contributed by atoms with E-state index in [-0.39, 0.29) is 0 Å². The minimum Gasteiger partial charge on any atom is -0.330 e. The van der Waals surface area contributed by atoms with Crippen LogP contribution in [0.5, 0.6) is 0 Å². The van der Waals surface area contributed by atoms with E-state index < -0.39 is 10.8 Å². The van der Waals surface area contributed by atoms with Crippen LogP contribution in [0.1, 0.15) is 19.8 Å². The van der Waals surface area contributed by atoms with Gasteiger partial charge in [-0.05, 0) is 30.9 Å². The fourth-order valence-corrected chi connectivity index (χ4v) is 2.79. The topological polar surface area (TPSA) is 43.1 Å². The molecule has 1 atom stereocenters. The average Bonchev–Trinajstić information content (AvgIpc) is 2.09. The van der Waals surface area contributed by atoms with Crippen LogP contribution < -0.4 is 5.73 Å². The van der Waals surface area contributed by atoms with Crippen molar-refractivity contribution < 1.29 is 4.21 Å². The summed E-state index contributed by atoms with van der Waals surface area (Å²) in [6, 6.07) is 0. The van der Waals surface area contributed by atoms with Gasteiger partial charge in [-0.1, -0.05) is 6.92 Å². The van der Waals surface area contributed by atoms with Crippen molar-refractivity contribution in [2.45, 2.75) is 19.8 Å². The fraction of sp³-hybridized carbons (Fsp3) is 1.00. The summed E-state index contributed by atoms with van der Waals surface area (Å²) < 4.78 is 11.2. The summed E-state index contributed by atoms with van der Waals surface area (Å²) in [6.07, 6.45) is 1.98. The van der Waals surface area contributed by atoms with Gasteiger partial charge in [0.05, 0.1) is 0 Å². The predicted molar refractivity (Wildman–Crippen MR) is 59.2 cm³/mol. The van der Waals surface area contributed by atoms with Crippen molar-refractivity contribution >= 4 is 22.6 Å². The predicted octanol–water partition coefficient (Wildman–Crippen LogP) is 1.23. The Morgan fingerprint density at radius 2 is 2.00 bits per heavy atom. The number of nitrogens with two attached hydrogens (primary N) is 1. The third-order valence-electron chi connectivity index (χ3n) is 1.44. The zero-order valence-corrected chi connectivity index (χ0v) is 9.38. The van der Waals surface area contributed by atoms with Crippen LogP contribution in [0.3, 0.4) is 0 Å². The first-order valence-corrected chi connectivity index (χ1v) is 7.08. The summed E-state index contributed by atoms with van der Waals surface area (Å²) in [5.41, 5.74) is 5.31.